The summed E-state index contributed by atoms with van der Waals surface area (Å²) in [5.74, 6) is 0.571. The molecule has 0 saturated carbocycles. The largest absolute Gasteiger partial charge is 0.475 e. The fourth-order valence-corrected chi connectivity index (χ4v) is 1.07. The average molecular weight is 226 g/mol. The van der Waals surface area contributed by atoms with Gasteiger partial charge in [-0.2, -0.15) is 0 Å². The molecule has 0 spiro atoms. The zero-order chi connectivity index (χ0) is 11.8. The smallest absolute Gasteiger partial charge is 0.213 e. The number of nitrogen functional groups attached to an aromatic ring is 1. The van der Waals surface area contributed by atoms with Gasteiger partial charge in [0.15, 0.2) is 0 Å². The summed E-state index contributed by atoms with van der Waals surface area (Å²) in [6.07, 6.45) is 1.59. The minimum absolute atomic E-state index is 0.472. The lowest BCUT2D eigenvalue weighted by atomic mass is 10.2. The van der Waals surface area contributed by atoms with Crippen molar-refractivity contribution >= 4 is 5.69 Å². The van der Waals surface area contributed by atoms with Gasteiger partial charge in [-0.15, -0.1) is 0 Å². The van der Waals surface area contributed by atoms with Gasteiger partial charge >= 0.3 is 0 Å². The summed E-state index contributed by atoms with van der Waals surface area (Å²) in [6, 6.07) is 1.81. The van der Waals surface area contributed by atoms with Gasteiger partial charge in [0, 0.05) is 13.2 Å². The lowest BCUT2D eigenvalue weighted by Crippen LogP contribution is -2.10. The van der Waals surface area contributed by atoms with Crippen molar-refractivity contribution in [3.8, 4) is 5.88 Å². The molecule has 0 saturated heterocycles. The molecule has 0 radical (unpaired) electrons. The zero-order valence-electron chi connectivity index (χ0n) is 9.73. The molecule has 1 aromatic heterocycles. The molecule has 90 valence electrons. The van der Waals surface area contributed by atoms with Crippen molar-refractivity contribution in [1.82, 2.24) is 4.98 Å². The molecule has 0 fully saturated rings. The quantitative estimate of drug-likeness (QED) is 0.703. The van der Waals surface area contributed by atoms with Crippen LogP contribution in [0.4, 0.5) is 5.69 Å². The van der Waals surface area contributed by atoms with Gasteiger partial charge in [-0.1, -0.05) is 0 Å². The Balaban J connectivity index is 2.19. The number of rotatable bonds is 7. The lowest BCUT2D eigenvalue weighted by Gasteiger charge is -2.07. The molecule has 0 aromatic carbocycles. The van der Waals surface area contributed by atoms with Crippen LogP contribution in [0.1, 0.15) is 5.56 Å². The van der Waals surface area contributed by atoms with Crippen LogP contribution in [0.15, 0.2) is 12.3 Å². The third-order valence-electron chi connectivity index (χ3n) is 2.04. The summed E-state index contributed by atoms with van der Waals surface area (Å²) in [5.41, 5.74) is 7.28. The highest BCUT2D eigenvalue weighted by atomic mass is 16.5. The normalized spacial score (nSPS) is 10.4. The number of hydrogen-bond acceptors (Lipinski definition) is 5. The number of nitrogens with zero attached hydrogens (tertiary/aromatic N) is 1. The van der Waals surface area contributed by atoms with Gasteiger partial charge < -0.3 is 19.9 Å². The van der Waals surface area contributed by atoms with Gasteiger partial charge in [0.2, 0.25) is 5.88 Å². The highest BCUT2D eigenvalue weighted by Gasteiger charge is 1.99. The molecule has 0 aliphatic rings. The molecular weight excluding hydrogens is 208 g/mol. The number of ether oxygens (including phenoxy) is 3. The Morgan fingerprint density at radius 1 is 1.25 bits per heavy atom. The van der Waals surface area contributed by atoms with Crippen LogP contribution in [0.2, 0.25) is 0 Å². The van der Waals surface area contributed by atoms with E-state index in [2.05, 4.69) is 4.98 Å². The molecule has 2 N–H and O–H groups in total. The van der Waals surface area contributed by atoms with Crippen LogP contribution in [0.3, 0.4) is 0 Å². The molecule has 1 aromatic rings. The van der Waals surface area contributed by atoms with E-state index in [0.29, 0.717) is 38.0 Å². The van der Waals surface area contributed by atoms with Crippen molar-refractivity contribution in [3.63, 3.8) is 0 Å². The number of anilines is 1. The highest BCUT2D eigenvalue weighted by molar-refractivity contribution is 5.45. The molecule has 0 atom stereocenters. The second-order valence-electron chi connectivity index (χ2n) is 3.33. The van der Waals surface area contributed by atoms with E-state index in [-0.39, 0.29) is 0 Å². The zero-order valence-corrected chi connectivity index (χ0v) is 9.73. The van der Waals surface area contributed by atoms with E-state index in [9.17, 15) is 0 Å². The first-order chi connectivity index (χ1) is 7.74. The number of pyridine rings is 1. The second-order valence-corrected chi connectivity index (χ2v) is 3.33. The van der Waals surface area contributed by atoms with Crippen molar-refractivity contribution in [2.24, 2.45) is 0 Å². The van der Waals surface area contributed by atoms with Crippen molar-refractivity contribution in [3.05, 3.63) is 17.8 Å². The Labute approximate surface area is 95.5 Å². The van der Waals surface area contributed by atoms with Crippen LogP contribution in [-0.2, 0) is 9.47 Å². The Bertz CT molecular complexity index is 318. The third kappa shape index (κ3) is 4.46. The van der Waals surface area contributed by atoms with E-state index >= 15 is 0 Å². The van der Waals surface area contributed by atoms with Gasteiger partial charge in [0.1, 0.15) is 6.61 Å². The number of methoxy groups -OCH3 is 1. The summed E-state index contributed by atoms with van der Waals surface area (Å²) in [6.45, 7) is 4.08. The molecular formula is C11H18N2O3. The maximum absolute atomic E-state index is 5.64. The number of aryl methyl sites for hydroxylation is 1. The number of aromatic nitrogens is 1. The maximum atomic E-state index is 5.64. The SMILES string of the molecule is COCCOCCOc1cc(C)c(N)cn1. The lowest BCUT2D eigenvalue weighted by molar-refractivity contribution is 0.0537. The molecule has 16 heavy (non-hydrogen) atoms. The summed E-state index contributed by atoms with van der Waals surface area (Å²) in [4.78, 5) is 4.05. The van der Waals surface area contributed by atoms with Crippen molar-refractivity contribution in [2.45, 2.75) is 6.92 Å². The summed E-state index contributed by atoms with van der Waals surface area (Å²) >= 11 is 0. The van der Waals surface area contributed by atoms with Gasteiger partial charge in [-0.3, -0.25) is 0 Å². The Morgan fingerprint density at radius 3 is 2.69 bits per heavy atom. The van der Waals surface area contributed by atoms with E-state index in [0.717, 1.165) is 5.56 Å². The maximum Gasteiger partial charge on any atom is 0.213 e. The Hall–Kier alpha value is -1.33. The van der Waals surface area contributed by atoms with Gasteiger partial charge in [0.25, 0.3) is 0 Å². The fraction of sp³-hybridized carbons (Fsp3) is 0.545. The molecule has 5 nitrogen and oxygen atoms in total. The van der Waals surface area contributed by atoms with Crippen molar-refractivity contribution in [2.75, 3.05) is 39.3 Å². The van der Waals surface area contributed by atoms with E-state index < -0.39 is 0 Å². The van der Waals surface area contributed by atoms with Crippen LogP contribution < -0.4 is 10.5 Å². The molecule has 0 bridgehead atoms. The predicted octanol–water partition coefficient (Wildman–Crippen LogP) is 1.01. The van der Waals surface area contributed by atoms with E-state index in [1.165, 1.54) is 0 Å². The topological polar surface area (TPSA) is 66.6 Å². The van der Waals surface area contributed by atoms with Crippen LogP contribution in [0.5, 0.6) is 5.88 Å². The third-order valence-corrected chi connectivity index (χ3v) is 2.04. The molecule has 1 rings (SSSR count). The number of nitrogens with two attached hydrogens (primary N) is 1. The van der Waals surface area contributed by atoms with Gasteiger partial charge in [0.05, 0.1) is 31.7 Å². The minimum atomic E-state index is 0.472. The minimum Gasteiger partial charge on any atom is -0.475 e. The molecule has 0 aliphatic carbocycles. The highest BCUT2D eigenvalue weighted by Crippen LogP contribution is 2.14. The van der Waals surface area contributed by atoms with E-state index in [1.54, 1.807) is 13.3 Å². The summed E-state index contributed by atoms with van der Waals surface area (Å²) in [7, 11) is 1.64. The summed E-state index contributed by atoms with van der Waals surface area (Å²) < 4.78 is 15.5. The van der Waals surface area contributed by atoms with E-state index in [4.69, 9.17) is 19.9 Å². The van der Waals surface area contributed by atoms with Crippen molar-refractivity contribution < 1.29 is 14.2 Å². The standard InChI is InChI=1S/C11H18N2O3/c1-9-7-11(13-8-10(9)12)16-6-5-15-4-3-14-2/h7-8H,3-6,12H2,1-2H3. The van der Waals surface area contributed by atoms with Gasteiger partial charge in [-0.05, 0) is 12.5 Å². The van der Waals surface area contributed by atoms with Crippen LogP contribution in [0.25, 0.3) is 0 Å². The second kappa shape index (κ2) is 7.03. The van der Waals surface area contributed by atoms with Crippen LogP contribution >= 0.6 is 0 Å². The van der Waals surface area contributed by atoms with Gasteiger partial charge in [-0.25, -0.2) is 4.98 Å². The Kier molecular flexibility index (Phi) is 5.60. The predicted molar refractivity (Wildman–Crippen MR) is 61.6 cm³/mol. The molecule has 0 unspecified atom stereocenters. The fourth-order valence-electron chi connectivity index (χ4n) is 1.07. The monoisotopic (exact) mass is 226 g/mol. The average Bonchev–Trinajstić information content (AvgIpc) is 2.28. The van der Waals surface area contributed by atoms with Crippen LogP contribution in [0, 0.1) is 6.92 Å². The number of hydrogen-bond donors (Lipinski definition) is 1. The molecule has 0 amide bonds. The summed E-state index contributed by atoms with van der Waals surface area (Å²) in [5, 5.41) is 0. The van der Waals surface area contributed by atoms with E-state index in [1.807, 2.05) is 13.0 Å². The van der Waals surface area contributed by atoms with Crippen molar-refractivity contribution in [1.29, 1.82) is 0 Å². The first-order valence-electron chi connectivity index (χ1n) is 5.15. The first kappa shape index (κ1) is 12.7. The van der Waals surface area contributed by atoms with Crippen LogP contribution in [-0.4, -0.2) is 38.5 Å². The molecule has 0 aliphatic heterocycles. The Morgan fingerprint density at radius 2 is 2.00 bits per heavy atom. The molecule has 5 heteroatoms. The first-order valence-corrected chi connectivity index (χ1v) is 5.15. The molecule has 1 heterocycles.